The predicted molar refractivity (Wildman–Crippen MR) is 85.3 cm³/mol. The summed E-state index contributed by atoms with van der Waals surface area (Å²) in [4.78, 5) is 0. The minimum absolute atomic E-state index is 0.670. The van der Waals surface area contributed by atoms with Crippen molar-refractivity contribution in [3.63, 3.8) is 0 Å². The van der Waals surface area contributed by atoms with Crippen LogP contribution in [0.15, 0.2) is 60.7 Å². The molecule has 22 heavy (non-hydrogen) atoms. The minimum atomic E-state index is -1.22. The summed E-state index contributed by atoms with van der Waals surface area (Å²) in [6.07, 6.45) is -3.40. The average molecular weight is 292 g/mol. The van der Waals surface area contributed by atoms with Crippen LogP contribution in [-0.4, -0.2) is 21.4 Å². The molecule has 1 aliphatic rings. The zero-order chi connectivity index (χ0) is 15.3. The molecule has 3 nitrogen and oxygen atoms in total. The van der Waals surface area contributed by atoms with E-state index in [4.69, 9.17) is 0 Å². The van der Waals surface area contributed by atoms with Crippen LogP contribution in [0.25, 0.3) is 21.9 Å². The lowest BCUT2D eigenvalue weighted by molar-refractivity contribution is -0.0647. The summed E-state index contributed by atoms with van der Waals surface area (Å²) in [5.74, 6) is 0. The molecule has 4 rings (SSSR count). The van der Waals surface area contributed by atoms with Gasteiger partial charge in [-0.3, -0.25) is 0 Å². The maximum atomic E-state index is 10.5. The number of aliphatic hydroxyl groups excluding tert-OH is 3. The van der Waals surface area contributed by atoms with E-state index in [1.165, 1.54) is 0 Å². The summed E-state index contributed by atoms with van der Waals surface area (Å²) in [5, 5.41) is 32.8. The fourth-order valence-electron chi connectivity index (χ4n) is 3.39. The molecule has 0 heterocycles. The van der Waals surface area contributed by atoms with Gasteiger partial charge in [0.1, 0.15) is 18.3 Å². The Morgan fingerprint density at radius 1 is 0.682 bits per heavy atom. The molecule has 0 bridgehead atoms. The summed E-state index contributed by atoms with van der Waals surface area (Å²) >= 11 is 0. The SMILES string of the molecule is O[C@H]1[C@H](O)c2c(-c3ccccc3)ccc3cccc(c23)[C@@H]1O. The van der Waals surface area contributed by atoms with Crippen molar-refractivity contribution in [2.24, 2.45) is 0 Å². The monoisotopic (exact) mass is 292 g/mol. The molecule has 110 valence electrons. The third-order valence-electron chi connectivity index (χ3n) is 4.46. The van der Waals surface area contributed by atoms with Crippen molar-refractivity contribution in [1.29, 1.82) is 0 Å². The van der Waals surface area contributed by atoms with Crippen molar-refractivity contribution >= 4 is 10.8 Å². The first-order chi connectivity index (χ1) is 10.7. The van der Waals surface area contributed by atoms with Crippen LogP contribution in [-0.2, 0) is 0 Å². The molecule has 3 aromatic carbocycles. The Bertz CT molecular complexity index is 842. The number of rotatable bonds is 1. The van der Waals surface area contributed by atoms with Gasteiger partial charge in [-0.25, -0.2) is 0 Å². The lowest BCUT2D eigenvalue weighted by Crippen LogP contribution is -2.30. The molecule has 3 heteroatoms. The van der Waals surface area contributed by atoms with Gasteiger partial charge in [-0.15, -0.1) is 0 Å². The van der Waals surface area contributed by atoms with E-state index in [0.717, 1.165) is 21.9 Å². The average Bonchev–Trinajstić information content (AvgIpc) is 2.58. The van der Waals surface area contributed by atoms with E-state index < -0.39 is 18.3 Å². The molecule has 0 unspecified atom stereocenters. The Morgan fingerprint density at radius 2 is 1.45 bits per heavy atom. The Morgan fingerprint density at radius 3 is 2.23 bits per heavy atom. The molecule has 0 aliphatic heterocycles. The molecule has 0 saturated heterocycles. The van der Waals surface area contributed by atoms with E-state index in [-0.39, 0.29) is 0 Å². The smallest absolute Gasteiger partial charge is 0.114 e. The third-order valence-corrected chi connectivity index (χ3v) is 4.46. The Labute approximate surface area is 128 Å². The van der Waals surface area contributed by atoms with E-state index in [1.807, 2.05) is 54.6 Å². The molecule has 3 aromatic rings. The summed E-state index contributed by atoms with van der Waals surface area (Å²) in [7, 11) is 0. The van der Waals surface area contributed by atoms with Gasteiger partial charge in [-0.05, 0) is 33.0 Å². The minimum Gasteiger partial charge on any atom is -0.387 e. The zero-order valence-corrected chi connectivity index (χ0v) is 11.8. The third kappa shape index (κ3) is 1.80. The van der Waals surface area contributed by atoms with Gasteiger partial charge in [0.05, 0.1) is 0 Å². The molecule has 0 amide bonds. The Balaban J connectivity index is 2.11. The topological polar surface area (TPSA) is 60.7 Å². The molecular formula is C19H16O3. The summed E-state index contributed by atoms with van der Waals surface area (Å²) in [6.45, 7) is 0. The standard InChI is InChI=1S/C19H16O3/c20-17-14-8-4-7-12-9-10-13(11-5-2-1-3-6-11)16(15(12)14)18(21)19(17)22/h1-10,17-22H/t17-,18+,19+/m0/s1. The molecule has 0 radical (unpaired) electrons. The normalized spacial score (nSPS) is 23.7. The van der Waals surface area contributed by atoms with Crippen LogP contribution in [0.3, 0.4) is 0 Å². The van der Waals surface area contributed by atoms with Crippen molar-refractivity contribution in [3.8, 4) is 11.1 Å². The molecule has 1 aliphatic carbocycles. The number of benzene rings is 3. The molecular weight excluding hydrogens is 276 g/mol. The largest absolute Gasteiger partial charge is 0.387 e. The second-order valence-electron chi connectivity index (χ2n) is 5.72. The highest BCUT2D eigenvalue weighted by Gasteiger charge is 2.36. The van der Waals surface area contributed by atoms with Crippen LogP contribution >= 0.6 is 0 Å². The number of hydrogen-bond donors (Lipinski definition) is 3. The van der Waals surface area contributed by atoms with Gasteiger partial charge >= 0.3 is 0 Å². The summed E-state index contributed by atoms with van der Waals surface area (Å²) in [6, 6.07) is 19.3. The van der Waals surface area contributed by atoms with E-state index in [9.17, 15) is 15.3 Å². The molecule has 0 saturated carbocycles. The van der Waals surface area contributed by atoms with Gasteiger partial charge in [0, 0.05) is 0 Å². The summed E-state index contributed by atoms with van der Waals surface area (Å²) in [5.41, 5.74) is 3.23. The first-order valence-electron chi connectivity index (χ1n) is 7.33. The van der Waals surface area contributed by atoms with Crippen LogP contribution in [0.1, 0.15) is 23.3 Å². The lowest BCUT2D eigenvalue weighted by Gasteiger charge is -2.32. The van der Waals surface area contributed by atoms with Gasteiger partial charge < -0.3 is 15.3 Å². The molecule has 3 atom stereocenters. The van der Waals surface area contributed by atoms with Crippen molar-refractivity contribution in [2.45, 2.75) is 18.3 Å². The van der Waals surface area contributed by atoms with E-state index in [2.05, 4.69) is 0 Å². The second-order valence-corrected chi connectivity index (χ2v) is 5.72. The molecule has 0 aromatic heterocycles. The Hall–Kier alpha value is -2.20. The highest BCUT2D eigenvalue weighted by atomic mass is 16.4. The number of aliphatic hydroxyl groups is 3. The molecule has 3 N–H and O–H groups in total. The van der Waals surface area contributed by atoms with Gasteiger partial charge in [0.25, 0.3) is 0 Å². The molecule has 0 fully saturated rings. The van der Waals surface area contributed by atoms with Crippen molar-refractivity contribution in [2.75, 3.05) is 0 Å². The second kappa shape index (κ2) is 4.92. The zero-order valence-electron chi connectivity index (χ0n) is 11.8. The van der Waals surface area contributed by atoms with E-state index in [1.54, 1.807) is 6.07 Å². The van der Waals surface area contributed by atoms with E-state index >= 15 is 0 Å². The van der Waals surface area contributed by atoms with Crippen molar-refractivity contribution in [3.05, 3.63) is 71.8 Å². The van der Waals surface area contributed by atoms with Crippen LogP contribution in [0.5, 0.6) is 0 Å². The van der Waals surface area contributed by atoms with Crippen LogP contribution in [0, 0.1) is 0 Å². The van der Waals surface area contributed by atoms with Crippen LogP contribution < -0.4 is 0 Å². The predicted octanol–water partition coefficient (Wildman–Crippen LogP) is 2.95. The van der Waals surface area contributed by atoms with Gasteiger partial charge in [0.2, 0.25) is 0 Å². The van der Waals surface area contributed by atoms with Crippen LogP contribution in [0.4, 0.5) is 0 Å². The van der Waals surface area contributed by atoms with Gasteiger partial charge in [-0.1, -0.05) is 60.7 Å². The highest BCUT2D eigenvalue weighted by Crippen LogP contribution is 2.45. The number of hydrogen-bond acceptors (Lipinski definition) is 3. The molecule has 0 spiro atoms. The quantitative estimate of drug-likeness (QED) is 0.646. The van der Waals surface area contributed by atoms with Crippen LogP contribution in [0.2, 0.25) is 0 Å². The van der Waals surface area contributed by atoms with Crippen molar-refractivity contribution in [1.82, 2.24) is 0 Å². The Kier molecular flexibility index (Phi) is 3.01. The summed E-state index contributed by atoms with van der Waals surface area (Å²) < 4.78 is 0. The van der Waals surface area contributed by atoms with E-state index in [0.29, 0.717) is 11.1 Å². The fourth-order valence-corrected chi connectivity index (χ4v) is 3.39. The van der Waals surface area contributed by atoms with Gasteiger partial charge in [0.15, 0.2) is 0 Å². The van der Waals surface area contributed by atoms with Crippen molar-refractivity contribution < 1.29 is 15.3 Å². The lowest BCUT2D eigenvalue weighted by atomic mass is 9.79. The fraction of sp³-hybridized carbons (Fsp3) is 0.158. The highest BCUT2D eigenvalue weighted by molar-refractivity contribution is 5.95. The first kappa shape index (κ1) is 13.5. The van der Waals surface area contributed by atoms with Gasteiger partial charge in [-0.2, -0.15) is 0 Å². The maximum absolute atomic E-state index is 10.5. The first-order valence-corrected chi connectivity index (χ1v) is 7.33. The maximum Gasteiger partial charge on any atom is 0.114 e.